The average molecular weight is 416 g/mol. The maximum absolute atomic E-state index is 13.3. The molecule has 1 heterocycles. The van der Waals surface area contributed by atoms with Gasteiger partial charge in [0, 0.05) is 18.3 Å². The third-order valence-electron chi connectivity index (χ3n) is 4.21. The van der Waals surface area contributed by atoms with E-state index in [-0.39, 0.29) is 18.9 Å². The standard InChI is InChI=1S/C20H21FN4O3S/c1-15-6-8-18(9-7-15)25(29(2,27)28)14-20(26)22-11-16-12-23-24(13-16)19-5-3-4-17(21)10-19/h3-10,12-13H,11,14H2,1-2H3,(H,22,26). The van der Waals surface area contributed by atoms with Crippen molar-refractivity contribution in [1.29, 1.82) is 0 Å². The number of hydrogen-bond acceptors (Lipinski definition) is 4. The molecule has 0 aliphatic carbocycles. The van der Waals surface area contributed by atoms with Gasteiger partial charge in [0.05, 0.1) is 23.8 Å². The Morgan fingerprint density at radius 3 is 2.59 bits per heavy atom. The van der Waals surface area contributed by atoms with Crippen LogP contribution in [0, 0.1) is 12.7 Å². The molecule has 0 fully saturated rings. The van der Waals surface area contributed by atoms with Crippen LogP contribution in [0.4, 0.5) is 10.1 Å². The molecule has 3 aromatic rings. The molecule has 3 rings (SSSR count). The van der Waals surface area contributed by atoms with Crippen molar-refractivity contribution in [2.75, 3.05) is 17.1 Å². The van der Waals surface area contributed by atoms with E-state index < -0.39 is 15.9 Å². The summed E-state index contributed by atoms with van der Waals surface area (Å²) in [4.78, 5) is 12.3. The lowest BCUT2D eigenvalue weighted by Gasteiger charge is -2.22. The molecule has 1 N–H and O–H groups in total. The van der Waals surface area contributed by atoms with Crippen LogP contribution < -0.4 is 9.62 Å². The number of halogens is 1. The molecule has 0 unspecified atom stereocenters. The minimum atomic E-state index is -3.62. The van der Waals surface area contributed by atoms with E-state index in [0.29, 0.717) is 16.9 Å². The van der Waals surface area contributed by atoms with Gasteiger partial charge >= 0.3 is 0 Å². The SMILES string of the molecule is Cc1ccc(N(CC(=O)NCc2cnn(-c3cccc(F)c3)c2)S(C)(=O)=O)cc1. The van der Waals surface area contributed by atoms with Gasteiger partial charge in [-0.15, -0.1) is 0 Å². The van der Waals surface area contributed by atoms with Gasteiger partial charge in [-0.3, -0.25) is 9.10 Å². The molecule has 152 valence electrons. The summed E-state index contributed by atoms with van der Waals surface area (Å²) in [5, 5.41) is 6.84. The normalized spacial score (nSPS) is 11.3. The fourth-order valence-electron chi connectivity index (χ4n) is 2.71. The Morgan fingerprint density at radius 1 is 1.21 bits per heavy atom. The average Bonchev–Trinajstić information content (AvgIpc) is 3.14. The maximum Gasteiger partial charge on any atom is 0.241 e. The molecule has 0 saturated heterocycles. The predicted octanol–water partition coefficient (Wildman–Crippen LogP) is 2.40. The largest absolute Gasteiger partial charge is 0.350 e. The third kappa shape index (κ3) is 5.41. The monoisotopic (exact) mass is 416 g/mol. The molecule has 0 saturated carbocycles. The number of carbonyl (C=O) groups is 1. The molecule has 0 bridgehead atoms. The maximum atomic E-state index is 13.3. The van der Waals surface area contributed by atoms with Crippen molar-refractivity contribution in [3.8, 4) is 5.69 Å². The minimum absolute atomic E-state index is 0.166. The Kier molecular flexibility index (Phi) is 5.97. The first-order valence-corrected chi connectivity index (χ1v) is 10.7. The van der Waals surface area contributed by atoms with Crippen molar-refractivity contribution < 1.29 is 17.6 Å². The van der Waals surface area contributed by atoms with Crippen LogP contribution >= 0.6 is 0 Å². The predicted molar refractivity (Wildman–Crippen MR) is 109 cm³/mol. The highest BCUT2D eigenvalue weighted by Gasteiger charge is 2.20. The highest BCUT2D eigenvalue weighted by molar-refractivity contribution is 7.92. The van der Waals surface area contributed by atoms with Gasteiger partial charge in [0.25, 0.3) is 0 Å². The molecule has 2 aromatic carbocycles. The number of benzene rings is 2. The zero-order valence-electron chi connectivity index (χ0n) is 16.0. The van der Waals surface area contributed by atoms with Crippen molar-refractivity contribution in [3.63, 3.8) is 0 Å². The second-order valence-corrected chi connectivity index (χ2v) is 8.56. The molecule has 1 amide bonds. The molecule has 0 spiro atoms. The highest BCUT2D eigenvalue weighted by Crippen LogP contribution is 2.18. The number of hydrogen-bond donors (Lipinski definition) is 1. The van der Waals surface area contributed by atoms with Crippen LogP contribution in [0.25, 0.3) is 5.69 Å². The molecule has 29 heavy (non-hydrogen) atoms. The van der Waals surface area contributed by atoms with Gasteiger partial charge in [0.2, 0.25) is 15.9 Å². The lowest BCUT2D eigenvalue weighted by molar-refractivity contribution is -0.119. The molecule has 7 nitrogen and oxygen atoms in total. The van der Waals surface area contributed by atoms with Crippen molar-refractivity contribution in [3.05, 3.63) is 77.9 Å². The van der Waals surface area contributed by atoms with Crippen LogP contribution in [0.1, 0.15) is 11.1 Å². The Bertz CT molecular complexity index is 1110. The summed E-state index contributed by atoms with van der Waals surface area (Å²) in [6.07, 6.45) is 4.28. The first-order valence-electron chi connectivity index (χ1n) is 8.83. The molecule has 0 aliphatic rings. The zero-order chi connectivity index (χ0) is 21.0. The number of nitrogens with one attached hydrogen (secondary N) is 1. The zero-order valence-corrected chi connectivity index (χ0v) is 16.9. The summed E-state index contributed by atoms with van der Waals surface area (Å²) in [5.41, 5.74) is 2.67. The third-order valence-corrected chi connectivity index (χ3v) is 5.35. The van der Waals surface area contributed by atoms with E-state index in [0.717, 1.165) is 16.1 Å². The topological polar surface area (TPSA) is 84.3 Å². The van der Waals surface area contributed by atoms with Gasteiger partial charge < -0.3 is 5.32 Å². The van der Waals surface area contributed by atoms with Crippen LogP contribution in [0.15, 0.2) is 60.9 Å². The Balaban J connectivity index is 1.65. The summed E-state index contributed by atoms with van der Waals surface area (Å²) in [6.45, 7) is 1.73. The summed E-state index contributed by atoms with van der Waals surface area (Å²) < 4.78 is 40.1. The molecule has 0 radical (unpaired) electrons. The number of nitrogens with zero attached hydrogens (tertiary/aromatic N) is 3. The number of aromatic nitrogens is 2. The van der Waals surface area contributed by atoms with Crippen molar-refractivity contribution in [2.45, 2.75) is 13.5 Å². The fraction of sp³-hybridized carbons (Fsp3) is 0.200. The van der Waals surface area contributed by atoms with E-state index in [1.807, 2.05) is 6.92 Å². The van der Waals surface area contributed by atoms with E-state index in [9.17, 15) is 17.6 Å². The van der Waals surface area contributed by atoms with E-state index in [2.05, 4.69) is 10.4 Å². The smallest absolute Gasteiger partial charge is 0.241 e. The van der Waals surface area contributed by atoms with Gasteiger partial charge in [-0.05, 0) is 37.3 Å². The summed E-state index contributed by atoms with van der Waals surface area (Å²) in [6, 6.07) is 12.9. The molecular formula is C20H21FN4O3S. The van der Waals surface area contributed by atoms with E-state index in [1.54, 1.807) is 48.8 Å². The van der Waals surface area contributed by atoms with E-state index in [1.165, 1.54) is 16.8 Å². The van der Waals surface area contributed by atoms with Gasteiger partial charge in [-0.25, -0.2) is 17.5 Å². The number of rotatable bonds is 7. The van der Waals surface area contributed by atoms with Gasteiger partial charge in [-0.1, -0.05) is 23.8 Å². The second kappa shape index (κ2) is 8.44. The first kappa shape index (κ1) is 20.5. The quantitative estimate of drug-likeness (QED) is 0.641. The molecule has 1 aromatic heterocycles. The van der Waals surface area contributed by atoms with Crippen LogP contribution in [0.2, 0.25) is 0 Å². The summed E-state index contributed by atoms with van der Waals surface area (Å²) in [5.74, 6) is -0.820. The minimum Gasteiger partial charge on any atom is -0.350 e. The molecular weight excluding hydrogens is 395 g/mol. The van der Waals surface area contributed by atoms with Crippen LogP contribution in [-0.4, -0.2) is 36.9 Å². The summed E-state index contributed by atoms with van der Waals surface area (Å²) >= 11 is 0. The number of carbonyl (C=O) groups excluding carboxylic acids is 1. The Hall–Kier alpha value is -3.20. The fourth-order valence-corrected chi connectivity index (χ4v) is 3.57. The lowest BCUT2D eigenvalue weighted by Crippen LogP contribution is -2.40. The Labute approximate surface area is 168 Å². The van der Waals surface area contributed by atoms with Crippen molar-refractivity contribution >= 4 is 21.6 Å². The number of amides is 1. The van der Waals surface area contributed by atoms with Crippen LogP contribution in [0.3, 0.4) is 0 Å². The van der Waals surface area contributed by atoms with Crippen LogP contribution in [0.5, 0.6) is 0 Å². The van der Waals surface area contributed by atoms with Crippen molar-refractivity contribution in [2.24, 2.45) is 0 Å². The van der Waals surface area contributed by atoms with Gasteiger partial charge in [0.1, 0.15) is 12.4 Å². The van der Waals surface area contributed by atoms with E-state index in [4.69, 9.17) is 0 Å². The number of sulfonamides is 1. The van der Waals surface area contributed by atoms with Gasteiger partial charge in [0.15, 0.2) is 0 Å². The van der Waals surface area contributed by atoms with Crippen molar-refractivity contribution in [1.82, 2.24) is 15.1 Å². The number of aryl methyl sites for hydroxylation is 1. The first-order chi connectivity index (χ1) is 13.7. The second-order valence-electron chi connectivity index (χ2n) is 6.65. The number of anilines is 1. The molecule has 0 aliphatic heterocycles. The molecule has 9 heteroatoms. The molecule has 0 atom stereocenters. The summed E-state index contributed by atoms with van der Waals surface area (Å²) in [7, 11) is -3.62. The lowest BCUT2D eigenvalue weighted by atomic mass is 10.2. The van der Waals surface area contributed by atoms with Crippen LogP contribution in [-0.2, 0) is 21.4 Å². The van der Waals surface area contributed by atoms with E-state index >= 15 is 0 Å². The highest BCUT2D eigenvalue weighted by atomic mass is 32.2. The van der Waals surface area contributed by atoms with Gasteiger partial charge in [-0.2, -0.15) is 5.10 Å². The Morgan fingerprint density at radius 2 is 1.93 bits per heavy atom.